The first-order valence-electron chi connectivity index (χ1n) is 2.45. The van der Waals surface area contributed by atoms with E-state index in [4.69, 9.17) is 0 Å². The molecule has 0 spiro atoms. The van der Waals surface area contributed by atoms with Gasteiger partial charge in [-0.25, -0.2) is 13.2 Å². The zero-order valence-electron chi connectivity index (χ0n) is 5.49. The summed E-state index contributed by atoms with van der Waals surface area (Å²) in [6.07, 6.45) is 0. The largest absolute Gasteiger partial charge is 0.466 e. The van der Waals surface area contributed by atoms with Gasteiger partial charge in [0.2, 0.25) is 0 Å². The van der Waals surface area contributed by atoms with Gasteiger partial charge in [0.15, 0.2) is 0 Å². The Labute approximate surface area is 60.4 Å². The third-order valence-electron chi connectivity index (χ3n) is 0.794. The van der Waals surface area contributed by atoms with Gasteiger partial charge in [-0.3, -0.25) is 0 Å². The molecule has 0 unspecified atom stereocenters. The molecule has 0 saturated carbocycles. The van der Waals surface area contributed by atoms with Crippen molar-refractivity contribution < 1.29 is 17.9 Å². The summed E-state index contributed by atoms with van der Waals surface area (Å²) in [6.45, 7) is 3.21. The number of hydrogen-bond acceptors (Lipinski definition) is 4. The zero-order chi connectivity index (χ0) is 8.15. The molecule has 0 atom stereocenters. The van der Waals surface area contributed by atoms with E-state index in [0.717, 1.165) is 0 Å². The molecule has 0 aromatic heterocycles. The first-order valence-corrected chi connectivity index (χ1v) is 3.82. The Hall–Kier alpha value is -0.840. The third kappa shape index (κ3) is 3.24. The van der Waals surface area contributed by atoms with Crippen LogP contribution in [0.5, 0.6) is 0 Å². The molecule has 0 radical (unpaired) electrons. The lowest BCUT2D eigenvalue weighted by Crippen LogP contribution is -2.07. The first kappa shape index (κ1) is 9.16. The van der Waals surface area contributed by atoms with E-state index in [9.17, 15) is 13.2 Å². The zero-order valence-corrected chi connectivity index (χ0v) is 6.39. The summed E-state index contributed by atoms with van der Waals surface area (Å²) in [7, 11) is -1.41. The van der Waals surface area contributed by atoms with E-state index < -0.39 is 16.7 Å². The van der Waals surface area contributed by atoms with Crippen LogP contribution in [0.4, 0.5) is 0 Å². The first-order chi connectivity index (χ1) is 4.57. The third-order valence-corrected chi connectivity index (χ3v) is 1.43. The van der Waals surface area contributed by atoms with Gasteiger partial charge in [-0.15, -0.1) is 0 Å². The van der Waals surface area contributed by atoms with Crippen molar-refractivity contribution in [1.82, 2.24) is 0 Å². The van der Waals surface area contributed by atoms with Gasteiger partial charge in [0.25, 0.3) is 0 Å². The van der Waals surface area contributed by atoms with Crippen LogP contribution in [-0.4, -0.2) is 27.2 Å². The maximum atomic E-state index is 10.5. The summed E-state index contributed by atoms with van der Waals surface area (Å²) in [5, 5.41) is 0. The van der Waals surface area contributed by atoms with Gasteiger partial charge in [-0.05, 0) is 0 Å². The Morgan fingerprint density at radius 1 is 1.60 bits per heavy atom. The average Bonchev–Trinajstić information content (AvgIpc) is 1.85. The van der Waals surface area contributed by atoms with E-state index in [1.54, 1.807) is 0 Å². The van der Waals surface area contributed by atoms with Crippen LogP contribution in [0.1, 0.15) is 0 Å². The molecule has 58 valence electrons. The number of esters is 1. The molecular formula is C5H8O4S. The van der Waals surface area contributed by atoms with Crippen LogP contribution in [0, 0.1) is 0 Å². The molecule has 0 fully saturated rings. The van der Waals surface area contributed by atoms with E-state index in [-0.39, 0.29) is 11.3 Å². The lowest BCUT2D eigenvalue weighted by molar-refractivity contribution is -0.135. The SMILES string of the molecule is C=C(C[SH](=O)=O)C(=O)OC. The molecule has 0 aliphatic heterocycles. The Morgan fingerprint density at radius 2 is 2.10 bits per heavy atom. The van der Waals surface area contributed by atoms with E-state index in [1.807, 2.05) is 0 Å². The van der Waals surface area contributed by atoms with Gasteiger partial charge >= 0.3 is 5.97 Å². The Kier molecular flexibility index (Phi) is 3.71. The van der Waals surface area contributed by atoms with Crippen molar-refractivity contribution in [3.63, 3.8) is 0 Å². The number of carbonyl (C=O) groups is 1. The Balaban J connectivity index is 3.98. The summed E-state index contributed by atoms with van der Waals surface area (Å²) in [4.78, 5) is 10.5. The van der Waals surface area contributed by atoms with Crippen molar-refractivity contribution in [3.05, 3.63) is 12.2 Å². The van der Waals surface area contributed by atoms with E-state index in [2.05, 4.69) is 11.3 Å². The van der Waals surface area contributed by atoms with Crippen LogP contribution in [-0.2, 0) is 20.2 Å². The molecule has 0 heterocycles. The predicted octanol–water partition coefficient (Wildman–Crippen LogP) is -0.673. The molecule has 0 saturated heterocycles. The number of thiol groups is 1. The summed E-state index contributed by atoms with van der Waals surface area (Å²) in [6, 6.07) is 0. The molecule has 0 amide bonds. The molecule has 0 N–H and O–H groups in total. The minimum absolute atomic E-state index is 0.0430. The van der Waals surface area contributed by atoms with Gasteiger partial charge in [0.1, 0.15) is 10.7 Å². The fraction of sp³-hybridized carbons (Fsp3) is 0.400. The summed E-state index contributed by atoms with van der Waals surface area (Å²) >= 11 is 0. The maximum absolute atomic E-state index is 10.5. The second-order valence-corrected chi connectivity index (χ2v) is 2.57. The fourth-order valence-corrected chi connectivity index (χ4v) is 0.805. The molecule has 0 rings (SSSR count). The van der Waals surface area contributed by atoms with E-state index >= 15 is 0 Å². The number of hydrogen-bond donors (Lipinski definition) is 1. The lowest BCUT2D eigenvalue weighted by Gasteiger charge is -1.95. The minimum atomic E-state index is -2.58. The van der Waals surface area contributed by atoms with Crippen molar-refractivity contribution in [3.8, 4) is 0 Å². The summed E-state index contributed by atoms with van der Waals surface area (Å²) in [5.41, 5.74) is -0.0430. The van der Waals surface area contributed by atoms with Crippen LogP contribution in [0.3, 0.4) is 0 Å². The number of carbonyl (C=O) groups excluding carboxylic acids is 1. The van der Waals surface area contributed by atoms with Crippen molar-refractivity contribution >= 4 is 16.7 Å². The number of rotatable bonds is 3. The predicted molar refractivity (Wildman–Crippen MR) is 36.3 cm³/mol. The van der Waals surface area contributed by atoms with Crippen LogP contribution < -0.4 is 0 Å². The van der Waals surface area contributed by atoms with Crippen LogP contribution in [0.2, 0.25) is 0 Å². The van der Waals surface area contributed by atoms with Crippen LogP contribution in [0.25, 0.3) is 0 Å². The highest BCUT2D eigenvalue weighted by molar-refractivity contribution is 7.72. The van der Waals surface area contributed by atoms with Crippen LogP contribution >= 0.6 is 0 Å². The van der Waals surface area contributed by atoms with Gasteiger partial charge in [0, 0.05) is 5.57 Å². The van der Waals surface area contributed by atoms with Crippen molar-refractivity contribution in [2.75, 3.05) is 12.9 Å². The molecule has 5 heteroatoms. The Morgan fingerprint density at radius 3 is 2.40 bits per heavy atom. The second-order valence-electron chi connectivity index (χ2n) is 1.59. The summed E-state index contributed by atoms with van der Waals surface area (Å²) in [5.74, 6) is -1.01. The summed E-state index contributed by atoms with van der Waals surface area (Å²) < 4.78 is 24.2. The van der Waals surface area contributed by atoms with E-state index in [0.29, 0.717) is 0 Å². The highest BCUT2D eigenvalue weighted by Gasteiger charge is 2.06. The van der Waals surface area contributed by atoms with Crippen molar-refractivity contribution in [1.29, 1.82) is 0 Å². The fourth-order valence-electron chi connectivity index (χ4n) is 0.365. The van der Waals surface area contributed by atoms with Crippen molar-refractivity contribution in [2.45, 2.75) is 0 Å². The van der Waals surface area contributed by atoms with E-state index in [1.165, 1.54) is 7.11 Å². The Bertz CT molecular complexity index is 208. The molecule has 4 nitrogen and oxygen atoms in total. The van der Waals surface area contributed by atoms with Gasteiger partial charge in [-0.2, -0.15) is 0 Å². The quantitative estimate of drug-likeness (QED) is 0.341. The average molecular weight is 164 g/mol. The standard InChI is InChI=1S/C5H8O4S/c1-4(3-10(7)8)5(6)9-2/h10H,1,3H2,2H3. The molecule has 0 aromatic carbocycles. The maximum Gasteiger partial charge on any atom is 0.334 e. The number of methoxy groups -OCH3 is 1. The van der Waals surface area contributed by atoms with Gasteiger partial charge in [0.05, 0.1) is 12.9 Å². The molecule has 0 aliphatic rings. The van der Waals surface area contributed by atoms with Crippen LogP contribution in [0.15, 0.2) is 12.2 Å². The van der Waals surface area contributed by atoms with Crippen molar-refractivity contribution in [2.24, 2.45) is 0 Å². The molecular weight excluding hydrogens is 156 g/mol. The topological polar surface area (TPSA) is 60.4 Å². The minimum Gasteiger partial charge on any atom is -0.466 e. The second kappa shape index (κ2) is 4.05. The lowest BCUT2D eigenvalue weighted by atomic mass is 10.4. The number of ether oxygens (including phenoxy) is 1. The normalized spacial score (nSPS) is 9.40. The van der Waals surface area contributed by atoms with Gasteiger partial charge in [-0.1, -0.05) is 6.58 Å². The monoisotopic (exact) mass is 164 g/mol. The highest BCUT2D eigenvalue weighted by Crippen LogP contribution is 1.92. The molecule has 0 aromatic rings. The molecule has 0 bridgehead atoms. The highest BCUT2D eigenvalue weighted by atomic mass is 32.2. The molecule has 10 heavy (non-hydrogen) atoms. The molecule has 0 aliphatic carbocycles. The smallest absolute Gasteiger partial charge is 0.334 e. The van der Waals surface area contributed by atoms with Gasteiger partial charge < -0.3 is 4.74 Å².